The van der Waals surface area contributed by atoms with Gasteiger partial charge in [-0.1, -0.05) is 12.1 Å². The van der Waals surface area contributed by atoms with E-state index >= 15 is 0 Å². The molecule has 0 saturated carbocycles. The molecule has 72 valence electrons. The van der Waals surface area contributed by atoms with E-state index in [1.807, 2.05) is 0 Å². The molecule has 1 heterocycles. The van der Waals surface area contributed by atoms with Crippen LogP contribution in [0.1, 0.15) is 11.3 Å². The molecule has 2 rings (SSSR count). The van der Waals surface area contributed by atoms with Crippen molar-refractivity contribution in [1.29, 1.82) is 0 Å². The topological polar surface area (TPSA) is 52.0 Å². The van der Waals surface area contributed by atoms with E-state index in [-0.39, 0.29) is 11.8 Å². The third-order valence-corrected chi connectivity index (χ3v) is 1.87. The molecule has 0 aliphatic heterocycles. The second-order valence-electron chi connectivity index (χ2n) is 2.98. The molecule has 1 aromatic heterocycles. The number of hydrogen-bond donors (Lipinski definition) is 1. The molecule has 2 aromatic rings. The van der Waals surface area contributed by atoms with Crippen LogP contribution in [-0.4, -0.2) is 4.98 Å². The zero-order valence-electron chi connectivity index (χ0n) is 7.40. The van der Waals surface area contributed by atoms with Crippen molar-refractivity contribution in [3.63, 3.8) is 0 Å². The van der Waals surface area contributed by atoms with Crippen LogP contribution in [0.3, 0.4) is 0 Å². The molecule has 0 atom stereocenters. The first-order valence-corrected chi connectivity index (χ1v) is 4.18. The summed E-state index contributed by atoms with van der Waals surface area (Å²) >= 11 is 0. The number of nitrogen functional groups attached to an aromatic ring is 1. The number of nitrogens with two attached hydrogens (primary N) is 1. The first kappa shape index (κ1) is 8.74. The number of rotatable bonds is 2. The van der Waals surface area contributed by atoms with Crippen LogP contribution in [0.4, 0.5) is 10.4 Å². The molecule has 0 bridgehead atoms. The zero-order valence-corrected chi connectivity index (χ0v) is 7.40. The van der Waals surface area contributed by atoms with Crippen molar-refractivity contribution in [2.45, 2.75) is 6.42 Å². The van der Waals surface area contributed by atoms with E-state index in [4.69, 9.17) is 10.2 Å². The van der Waals surface area contributed by atoms with Gasteiger partial charge in [0, 0.05) is 6.42 Å². The highest BCUT2D eigenvalue weighted by Crippen LogP contribution is 2.10. The van der Waals surface area contributed by atoms with E-state index in [0.29, 0.717) is 6.42 Å². The lowest BCUT2D eigenvalue weighted by atomic mass is 10.1. The standard InChI is InChI=1S/C10H9FN2O/c11-8-3-1-7(2-4-8)5-9-6-14-10(12)13-9/h1-4,6H,5H2,(H2,12,13). The summed E-state index contributed by atoms with van der Waals surface area (Å²) in [7, 11) is 0. The van der Waals surface area contributed by atoms with Gasteiger partial charge in [-0.15, -0.1) is 0 Å². The minimum Gasteiger partial charge on any atom is -0.432 e. The maximum absolute atomic E-state index is 12.6. The number of anilines is 1. The predicted octanol–water partition coefficient (Wildman–Crippen LogP) is 1.99. The predicted molar refractivity (Wildman–Crippen MR) is 50.1 cm³/mol. The Kier molecular flexibility index (Phi) is 2.18. The van der Waals surface area contributed by atoms with Gasteiger partial charge in [0.25, 0.3) is 6.01 Å². The molecule has 3 nitrogen and oxygen atoms in total. The van der Waals surface area contributed by atoms with Crippen LogP contribution in [0.2, 0.25) is 0 Å². The maximum Gasteiger partial charge on any atom is 0.292 e. The van der Waals surface area contributed by atoms with Crippen LogP contribution < -0.4 is 5.73 Å². The van der Waals surface area contributed by atoms with Gasteiger partial charge in [-0.25, -0.2) is 4.39 Å². The molecule has 14 heavy (non-hydrogen) atoms. The summed E-state index contributed by atoms with van der Waals surface area (Å²) < 4.78 is 17.4. The van der Waals surface area contributed by atoms with Crippen LogP contribution in [0, 0.1) is 5.82 Å². The monoisotopic (exact) mass is 192 g/mol. The number of oxazole rings is 1. The average molecular weight is 192 g/mol. The second kappa shape index (κ2) is 3.49. The lowest BCUT2D eigenvalue weighted by Crippen LogP contribution is -1.90. The molecule has 0 fully saturated rings. The van der Waals surface area contributed by atoms with Crippen LogP contribution in [0.25, 0.3) is 0 Å². The smallest absolute Gasteiger partial charge is 0.292 e. The molecule has 0 radical (unpaired) electrons. The molecular weight excluding hydrogens is 183 g/mol. The van der Waals surface area contributed by atoms with Crippen LogP contribution in [0.5, 0.6) is 0 Å². The first-order chi connectivity index (χ1) is 6.74. The Balaban J connectivity index is 2.15. The highest BCUT2D eigenvalue weighted by atomic mass is 19.1. The normalized spacial score (nSPS) is 10.4. The van der Waals surface area contributed by atoms with E-state index < -0.39 is 0 Å². The summed E-state index contributed by atoms with van der Waals surface area (Å²) in [5, 5.41) is 0. The van der Waals surface area contributed by atoms with Crippen molar-refractivity contribution >= 4 is 6.01 Å². The lowest BCUT2D eigenvalue weighted by Gasteiger charge is -1.96. The van der Waals surface area contributed by atoms with E-state index in [1.54, 1.807) is 12.1 Å². The SMILES string of the molecule is Nc1nc(Cc2ccc(F)cc2)co1. The summed E-state index contributed by atoms with van der Waals surface area (Å²) in [5.41, 5.74) is 7.04. The number of hydrogen-bond acceptors (Lipinski definition) is 3. The number of nitrogens with zero attached hydrogens (tertiary/aromatic N) is 1. The number of benzene rings is 1. The molecular formula is C10H9FN2O. The number of halogens is 1. The molecule has 4 heteroatoms. The minimum absolute atomic E-state index is 0.155. The molecule has 0 aliphatic carbocycles. The largest absolute Gasteiger partial charge is 0.432 e. The molecule has 0 unspecified atom stereocenters. The first-order valence-electron chi connectivity index (χ1n) is 4.18. The minimum atomic E-state index is -0.242. The van der Waals surface area contributed by atoms with Gasteiger partial charge in [0.15, 0.2) is 0 Å². The highest BCUT2D eigenvalue weighted by molar-refractivity contribution is 5.23. The van der Waals surface area contributed by atoms with Crippen molar-refractivity contribution in [1.82, 2.24) is 4.98 Å². The summed E-state index contributed by atoms with van der Waals surface area (Å²) in [5.74, 6) is -0.242. The van der Waals surface area contributed by atoms with Crippen molar-refractivity contribution < 1.29 is 8.81 Å². The molecule has 0 saturated heterocycles. The second-order valence-corrected chi connectivity index (χ2v) is 2.98. The molecule has 2 N–H and O–H groups in total. The third-order valence-electron chi connectivity index (χ3n) is 1.87. The zero-order chi connectivity index (χ0) is 9.97. The van der Waals surface area contributed by atoms with Crippen molar-refractivity contribution in [3.8, 4) is 0 Å². The van der Waals surface area contributed by atoms with Gasteiger partial charge < -0.3 is 10.2 Å². The summed E-state index contributed by atoms with van der Waals surface area (Å²) in [4.78, 5) is 3.95. The Morgan fingerprint density at radius 3 is 2.57 bits per heavy atom. The van der Waals surface area contributed by atoms with Gasteiger partial charge in [-0.05, 0) is 17.7 Å². The van der Waals surface area contributed by atoms with Gasteiger partial charge in [-0.3, -0.25) is 0 Å². The Labute approximate surface area is 80.4 Å². The summed E-state index contributed by atoms with van der Waals surface area (Å²) in [6, 6.07) is 6.40. The van der Waals surface area contributed by atoms with Gasteiger partial charge in [0.2, 0.25) is 0 Å². The Morgan fingerprint density at radius 1 is 1.29 bits per heavy atom. The lowest BCUT2D eigenvalue weighted by molar-refractivity contribution is 0.579. The van der Waals surface area contributed by atoms with E-state index in [2.05, 4.69) is 4.98 Å². The fraction of sp³-hybridized carbons (Fsp3) is 0.100. The summed E-state index contributed by atoms with van der Waals surface area (Å²) in [6.45, 7) is 0. The van der Waals surface area contributed by atoms with Crippen LogP contribution in [0.15, 0.2) is 34.9 Å². The molecule has 1 aromatic carbocycles. The molecule has 0 aliphatic rings. The Morgan fingerprint density at radius 2 is 2.00 bits per heavy atom. The Bertz CT molecular complexity index is 422. The Hall–Kier alpha value is -1.84. The van der Waals surface area contributed by atoms with Crippen molar-refractivity contribution in [2.75, 3.05) is 5.73 Å². The van der Waals surface area contributed by atoms with Crippen molar-refractivity contribution in [3.05, 3.63) is 47.6 Å². The fourth-order valence-electron chi connectivity index (χ4n) is 1.22. The molecule has 0 amide bonds. The highest BCUT2D eigenvalue weighted by Gasteiger charge is 2.01. The third kappa shape index (κ3) is 1.90. The van der Waals surface area contributed by atoms with Gasteiger partial charge in [0.05, 0.1) is 5.69 Å². The van der Waals surface area contributed by atoms with Gasteiger partial charge in [0.1, 0.15) is 12.1 Å². The van der Waals surface area contributed by atoms with E-state index in [9.17, 15) is 4.39 Å². The van der Waals surface area contributed by atoms with Gasteiger partial charge >= 0.3 is 0 Å². The van der Waals surface area contributed by atoms with E-state index in [0.717, 1.165) is 11.3 Å². The quantitative estimate of drug-likeness (QED) is 0.791. The average Bonchev–Trinajstić information content (AvgIpc) is 2.56. The van der Waals surface area contributed by atoms with Gasteiger partial charge in [-0.2, -0.15) is 4.98 Å². The summed E-state index contributed by atoms with van der Waals surface area (Å²) in [6.07, 6.45) is 2.10. The fourth-order valence-corrected chi connectivity index (χ4v) is 1.22. The van der Waals surface area contributed by atoms with Crippen molar-refractivity contribution in [2.24, 2.45) is 0 Å². The molecule has 0 spiro atoms. The van der Waals surface area contributed by atoms with E-state index in [1.165, 1.54) is 18.4 Å². The maximum atomic E-state index is 12.6. The van der Waals surface area contributed by atoms with Crippen LogP contribution in [-0.2, 0) is 6.42 Å². The van der Waals surface area contributed by atoms with Crippen LogP contribution >= 0.6 is 0 Å². The number of aromatic nitrogens is 1.